The smallest absolute Gasteiger partial charge is 0.407 e. The molecule has 1 amide bonds. The standard InChI is InChI=1S/C17H26ClFN2O2/c1-11(2)15(10-21-16(22)23-17(3,4)5)20-9-12-6-7-13(18)8-14(12)19/h6-8,11,15,20H,9-10H2,1-5H3,(H,21,22). The third kappa shape index (κ3) is 7.66. The molecule has 0 aliphatic rings. The summed E-state index contributed by atoms with van der Waals surface area (Å²) in [6, 6.07) is 4.61. The Morgan fingerprint density at radius 1 is 1.35 bits per heavy atom. The molecule has 0 spiro atoms. The van der Waals surface area contributed by atoms with Crippen molar-refractivity contribution in [1.29, 1.82) is 0 Å². The topological polar surface area (TPSA) is 50.4 Å². The summed E-state index contributed by atoms with van der Waals surface area (Å²) in [6.45, 7) is 10.3. The summed E-state index contributed by atoms with van der Waals surface area (Å²) >= 11 is 5.75. The molecule has 23 heavy (non-hydrogen) atoms. The summed E-state index contributed by atoms with van der Waals surface area (Å²) in [5.41, 5.74) is 0.00870. The van der Waals surface area contributed by atoms with Gasteiger partial charge in [0.05, 0.1) is 0 Å². The van der Waals surface area contributed by atoms with Gasteiger partial charge in [-0.1, -0.05) is 31.5 Å². The van der Waals surface area contributed by atoms with Gasteiger partial charge in [0.1, 0.15) is 11.4 Å². The Labute approximate surface area is 142 Å². The highest BCUT2D eigenvalue weighted by Gasteiger charge is 2.19. The van der Waals surface area contributed by atoms with Crippen LogP contribution in [0.3, 0.4) is 0 Å². The van der Waals surface area contributed by atoms with E-state index in [1.165, 1.54) is 6.07 Å². The van der Waals surface area contributed by atoms with E-state index in [2.05, 4.69) is 10.6 Å². The van der Waals surface area contributed by atoms with Crippen molar-refractivity contribution in [3.63, 3.8) is 0 Å². The minimum absolute atomic E-state index is 0.00223. The molecule has 0 aromatic heterocycles. The summed E-state index contributed by atoms with van der Waals surface area (Å²) < 4.78 is 19.0. The van der Waals surface area contributed by atoms with Crippen LogP contribution in [-0.2, 0) is 11.3 Å². The molecule has 1 atom stereocenters. The van der Waals surface area contributed by atoms with Crippen LogP contribution in [0.5, 0.6) is 0 Å². The van der Waals surface area contributed by atoms with Gasteiger partial charge in [0.25, 0.3) is 0 Å². The normalized spacial score (nSPS) is 13.0. The summed E-state index contributed by atoms with van der Waals surface area (Å²) in [5, 5.41) is 6.38. The van der Waals surface area contributed by atoms with Crippen molar-refractivity contribution in [2.45, 2.75) is 52.8 Å². The van der Waals surface area contributed by atoms with Crippen LogP contribution < -0.4 is 10.6 Å². The van der Waals surface area contributed by atoms with E-state index in [1.54, 1.807) is 12.1 Å². The van der Waals surface area contributed by atoms with E-state index in [0.29, 0.717) is 23.7 Å². The van der Waals surface area contributed by atoms with Crippen LogP contribution in [0.2, 0.25) is 5.02 Å². The van der Waals surface area contributed by atoms with Gasteiger partial charge in [-0.25, -0.2) is 9.18 Å². The van der Waals surface area contributed by atoms with Crippen LogP contribution in [0.1, 0.15) is 40.2 Å². The molecule has 2 N–H and O–H groups in total. The minimum Gasteiger partial charge on any atom is -0.444 e. The molecular weight excluding hydrogens is 319 g/mol. The Morgan fingerprint density at radius 2 is 2.00 bits per heavy atom. The zero-order valence-electron chi connectivity index (χ0n) is 14.4. The molecule has 130 valence electrons. The minimum atomic E-state index is -0.530. The van der Waals surface area contributed by atoms with Crippen LogP contribution in [0.4, 0.5) is 9.18 Å². The summed E-state index contributed by atoms with van der Waals surface area (Å²) in [5.74, 6) is -0.0760. The molecule has 0 bridgehead atoms. The number of halogens is 2. The maximum atomic E-state index is 13.8. The number of amides is 1. The second-order valence-electron chi connectivity index (χ2n) is 6.85. The van der Waals surface area contributed by atoms with Gasteiger partial charge < -0.3 is 15.4 Å². The second-order valence-corrected chi connectivity index (χ2v) is 7.29. The molecule has 4 nitrogen and oxygen atoms in total. The van der Waals surface area contributed by atoms with Crippen LogP contribution in [0, 0.1) is 11.7 Å². The highest BCUT2D eigenvalue weighted by Crippen LogP contribution is 2.15. The van der Waals surface area contributed by atoms with E-state index in [1.807, 2.05) is 34.6 Å². The maximum absolute atomic E-state index is 13.8. The Balaban J connectivity index is 2.54. The highest BCUT2D eigenvalue weighted by atomic mass is 35.5. The van der Waals surface area contributed by atoms with Gasteiger partial charge in [0.15, 0.2) is 0 Å². The van der Waals surface area contributed by atoms with Gasteiger partial charge in [-0.15, -0.1) is 0 Å². The number of carbonyl (C=O) groups is 1. The molecule has 0 fully saturated rings. The number of hydrogen-bond donors (Lipinski definition) is 2. The van der Waals surface area contributed by atoms with E-state index in [9.17, 15) is 9.18 Å². The average molecular weight is 345 g/mol. The molecule has 1 rings (SSSR count). The number of ether oxygens (including phenoxy) is 1. The zero-order chi connectivity index (χ0) is 17.6. The van der Waals surface area contributed by atoms with E-state index in [0.717, 1.165) is 0 Å². The van der Waals surface area contributed by atoms with Gasteiger partial charge >= 0.3 is 6.09 Å². The van der Waals surface area contributed by atoms with Crippen LogP contribution in [-0.4, -0.2) is 24.3 Å². The lowest BCUT2D eigenvalue weighted by Crippen LogP contribution is -2.45. The molecule has 0 heterocycles. The van der Waals surface area contributed by atoms with Crippen molar-refractivity contribution >= 4 is 17.7 Å². The first-order chi connectivity index (χ1) is 10.6. The molecule has 6 heteroatoms. The lowest BCUT2D eigenvalue weighted by molar-refractivity contribution is 0.0519. The SMILES string of the molecule is CC(C)C(CNC(=O)OC(C)(C)C)NCc1ccc(Cl)cc1F. The Bertz CT molecular complexity index is 530. The van der Waals surface area contributed by atoms with E-state index in [-0.39, 0.29) is 17.8 Å². The van der Waals surface area contributed by atoms with Gasteiger partial charge in [-0.2, -0.15) is 0 Å². The number of hydrogen-bond acceptors (Lipinski definition) is 3. The predicted octanol–water partition coefficient (Wildman–Crippen LogP) is 4.12. The van der Waals surface area contributed by atoms with Crippen molar-refractivity contribution in [2.24, 2.45) is 5.92 Å². The van der Waals surface area contributed by atoms with Crippen LogP contribution >= 0.6 is 11.6 Å². The molecule has 0 aliphatic carbocycles. The largest absolute Gasteiger partial charge is 0.444 e. The summed E-state index contributed by atoms with van der Waals surface area (Å²) in [4.78, 5) is 11.7. The van der Waals surface area contributed by atoms with Gasteiger partial charge in [0, 0.05) is 29.7 Å². The molecule has 0 saturated carbocycles. The number of alkyl carbamates (subject to hydrolysis) is 1. The van der Waals surface area contributed by atoms with Crippen molar-refractivity contribution in [1.82, 2.24) is 10.6 Å². The summed E-state index contributed by atoms with van der Waals surface area (Å²) in [6.07, 6.45) is -0.456. The molecule has 0 saturated heterocycles. The first-order valence-corrected chi connectivity index (χ1v) is 8.10. The lowest BCUT2D eigenvalue weighted by Gasteiger charge is -2.25. The van der Waals surface area contributed by atoms with Crippen molar-refractivity contribution < 1.29 is 13.9 Å². The maximum Gasteiger partial charge on any atom is 0.407 e. The Morgan fingerprint density at radius 3 is 2.52 bits per heavy atom. The number of benzene rings is 1. The number of nitrogens with one attached hydrogen (secondary N) is 2. The fourth-order valence-corrected chi connectivity index (χ4v) is 2.12. The molecule has 0 radical (unpaired) electrons. The monoisotopic (exact) mass is 344 g/mol. The molecule has 1 aromatic carbocycles. The predicted molar refractivity (Wildman–Crippen MR) is 91.1 cm³/mol. The van der Waals surface area contributed by atoms with Crippen LogP contribution in [0.25, 0.3) is 0 Å². The lowest BCUT2D eigenvalue weighted by atomic mass is 10.0. The van der Waals surface area contributed by atoms with E-state index >= 15 is 0 Å². The Hall–Kier alpha value is -1.33. The number of rotatable bonds is 6. The van der Waals surface area contributed by atoms with E-state index in [4.69, 9.17) is 16.3 Å². The third-order valence-electron chi connectivity index (χ3n) is 3.24. The molecule has 1 unspecified atom stereocenters. The van der Waals surface area contributed by atoms with Crippen molar-refractivity contribution in [2.75, 3.05) is 6.54 Å². The number of carbonyl (C=O) groups excluding carboxylic acids is 1. The fraction of sp³-hybridized carbons (Fsp3) is 0.588. The first-order valence-electron chi connectivity index (χ1n) is 7.72. The van der Waals surface area contributed by atoms with Gasteiger partial charge in [-0.05, 0) is 38.8 Å². The second kappa shape index (κ2) is 8.50. The summed E-state index contributed by atoms with van der Waals surface area (Å²) in [7, 11) is 0. The third-order valence-corrected chi connectivity index (χ3v) is 3.47. The quantitative estimate of drug-likeness (QED) is 0.816. The van der Waals surface area contributed by atoms with Gasteiger partial charge in [-0.3, -0.25) is 0 Å². The van der Waals surface area contributed by atoms with Gasteiger partial charge in [0.2, 0.25) is 0 Å². The highest BCUT2D eigenvalue weighted by molar-refractivity contribution is 6.30. The first kappa shape index (κ1) is 19.7. The Kier molecular flexibility index (Phi) is 7.29. The fourth-order valence-electron chi connectivity index (χ4n) is 1.96. The van der Waals surface area contributed by atoms with Crippen LogP contribution in [0.15, 0.2) is 18.2 Å². The average Bonchev–Trinajstić information content (AvgIpc) is 2.38. The molecular formula is C17H26ClFN2O2. The van der Waals surface area contributed by atoms with E-state index < -0.39 is 11.7 Å². The molecule has 1 aromatic rings. The van der Waals surface area contributed by atoms with Crippen molar-refractivity contribution in [3.8, 4) is 0 Å². The van der Waals surface area contributed by atoms with Crippen molar-refractivity contribution in [3.05, 3.63) is 34.6 Å². The zero-order valence-corrected chi connectivity index (χ0v) is 15.1. The molecule has 0 aliphatic heterocycles.